The van der Waals surface area contributed by atoms with E-state index in [1.54, 1.807) is 18.0 Å². The van der Waals surface area contributed by atoms with E-state index in [4.69, 9.17) is 9.47 Å². The quantitative estimate of drug-likeness (QED) is 0.0683. The summed E-state index contributed by atoms with van der Waals surface area (Å²) in [6.45, 7) is 12.7. The molecule has 1 aliphatic rings. The maximum Gasteiger partial charge on any atom is 0.306 e. The number of nitrogens with zero attached hydrogens (tertiary/aromatic N) is 3. The Morgan fingerprint density at radius 2 is 1.75 bits per heavy atom. The molecule has 5 rings (SSSR count). The van der Waals surface area contributed by atoms with Crippen LogP contribution in [-0.4, -0.2) is 59.4 Å². The average Bonchev–Trinajstić information content (AvgIpc) is 3.53. The number of anilines is 2. The van der Waals surface area contributed by atoms with Crippen LogP contribution in [0, 0.1) is 11.8 Å². The molecule has 1 aliphatic heterocycles. The van der Waals surface area contributed by atoms with Crippen LogP contribution in [0.1, 0.15) is 71.2 Å². The summed E-state index contributed by atoms with van der Waals surface area (Å²) in [4.78, 5) is 33.1. The molecule has 0 saturated heterocycles. The van der Waals surface area contributed by atoms with Crippen molar-refractivity contribution in [2.45, 2.75) is 77.0 Å². The molecule has 0 spiro atoms. The first-order valence-corrected chi connectivity index (χ1v) is 19.9. The summed E-state index contributed by atoms with van der Waals surface area (Å²) in [5, 5.41) is 12.5. The molecule has 0 bridgehead atoms. The van der Waals surface area contributed by atoms with Gasteiger partial charge in [0.05, 0.1) is 18.3 Å². The lowest BCUT2D eigenvalue weighted by molar-refractivity contribution is -0.142. The van der Waals surface area contributed by atoms with Gasteiger partial charge in [-0.2, -0.15) is 0 Å². The minimum Gasteiger partial charge on any atom is -0.491 e. The average molecular weight is 739 g/mol. The Bertz CT molecular complexity index is 1800. The second kappa shape index (κ2) is 20.1. The van der Waals surface area contributed by atoms with E-state index < -0.39 is 5.97 Å². The Hall–Kier alpha value is -4.54. The molecule has 0 aliphatic carbocycles. The van der Waals surface area contributed by atoms with Crippen molar-refractivity contribution in [3.8, 4) is 16.9 Å². The highest BCUT2D eigenvalue weighted by Crippen LogP contribution is 2.34. The summed E-state index contributed by atoms with van der Waals surface area (Å²) in [7, 11) is 0. The molecule has 1 atom stereocenters. The Kier molecular flexibility index (Phi) is 15.0. The van der Waals surface area contributed by atoms with E-state index in [9.17, 15) is 14.7 Å². The van der Waals surface area contributed by atoms with E-state index >= 15 is 0 Å². The molecule has 0 radical (unpaired) electrons. The highest BCUT2D eigenvalue weighted by molar-refractivity contribution is 7.98. The maximum absolute atomic E-state index is 13.7. The lowest BCUT2D eigenvalue weighted by Gasteiger charge is -2.27. The van der Waals surface area contributed by atoms with Crippen molar-refractivity contribution in [1.82, 2.24) is 9.55 Å². The summed E-state index contributed by atoms with van der Waals surface area (Å²) >= 11 is 1.66. The van der Waals surface area contributed by atoms with E-state index in [1.807, 2.05) is 54.1 Å². The van der Waals surface area contributed by atoms with Gasteiger partial charge in [0.25, 0.3) is 5.91 Å². The van der Waals surface area contributed by atoms with E-state index in [0.717, 1.165) is 82.6 Å². The second-order valence-corrected chi connectivity index (χ2v) is 15.0. The van der Waals surface area contributed by atoms with Gasteiger partial charge in [-0.1, -0.05) is 52.3 Å². The number of fused-ring (bicyclic) bond motifs is 1. The SMILES string of the molecule is CCCCOCCOc1ccc(-c2ccc3c(c2)C=C(C(=O)Nc2ccc(SCc4nccn4CCC(CC)C(=O)O)cc2)CCN3CC(C)C)cc1. The maximum atomic E-state index is 13.7. The third kappa shape index (κ3) is 11.7. The standard InChI is InChI=1S/C43H54N4O5S/c1-5-7-24-51-25-26-52-38-13-8-33(9-14-38)34-10-17-40-36(27-34)28-35(19-22-47(40)29-31(3)4)42(48)45-37-11-15-39(16-12-37)53-30-41-44-20-23-46(41)21-18-32(6-2)43(49)50/h8-17,20,23,27-28,31-32H,5-7,18-19,21-22,24-26,29-30H2,1-4H3,(H,45,48)(H,49,50). The molecule has 3 aromatic carbocycles. The number of hydrogen-bond acceptors (Lipinski definition) is 7. The first-order chi connectivity index (χ1) is 25.7. The van der Waals surface area contributed by atoms with Crippen molar-refractivity contribution in [2.24, 2.45) is 11.8 Å². The number of unbranched alkanes of at least 4 members (excludes halogenated alkanes) is 1. The number of benzene rings is 3. The number of nitrogens with one attached hydrogen (secondary N) is 1. The number of amides is 1. The molecule has 282 valence electrons. The Labute approximate surface area is 318 Å². The zero-order valence-electron chi connectivity index (χ0n) is 31.6. The topological polar surface area (TPSA) is 106 Å². The number of carboxylic acid groups (broad SMARTS) is 1. The summed E-state index contributed by atoms with van der Waals surface area (Å²) in [6, 6.07) is 22.6. The molecule has 1 unspecified atom stereocenters. The highest BCUT2D eigenvalue weighted by atomic mass is 32.2. The molecule has 1 aromatic heterocycles. The monoisotopic (exact) mass is 738 g/mol. The van der Waals surface area contributed by atoms with Crippen molar-refractivity contribution in [2.75, 3.05) is 43.1 Å². The molecule has 2 heterocycles. The van der Waals surface area contributed by atoms with Crippen LogP contribution >= 0.6 is 11.8 Å². The minimum atomic E-state index is -0.749. The largest absolute Gasteiger partial charge is 0.491 e. The van der Waals surface area contributed by atoms with Gasteiger partial charge in [0.2, 0.25) is 0 Å². The molecule has 10 heteroatoms. The van der Waals surface area contributed by atoms with Gasteiger partial charge in [0, 0.05) is 60.5 Å². The fourth-order valence-electron chi connectivity index (χ4n) is 6.37. The predicted molar refractivity (Wildman–Crippen MR) is 216 cm³/mol. The van der Waals surface area contributed by atoms with Crippen LogP contribution in [0.5, 0.6) is 5.75 Å². The van der Waals surface area contributed by atoms with Crippen molar-refractivity contribution < 1.29 is 24.2 Å². The van der Waals surface area contributed by atoms with Gasteiger partial charge in [-0.3, -0.25) is 9.59 Å². The van der Waals surface area contributed by atoms with Crippen molar-refractivity contribution in [3.05, 3.63) is 96.1 Å². The number of thioether (sulfide) groups is 1. The molecule has 1 amide bonds. The fourth-order valence-corrected chi connectivity index (χ4v) is 7.23. The first kappa shape index (κ1) is 39.7. The molecule has 0 saturated carbocycles. The molecule has 4 aromatic rings. The van der Waals surface area contributed by atoms with Crippen LogP contribution in [-0.2, 0) is 26.6 Å². The Morgan fingerprint density at radius 1 is 0.981 bits per heavy atom. The lowest BCUT2D eigenvalue weighted by atomic mass is 10.00. The predicted octanol–water partition coefficient (Wildman–Crippen LogP) is 9.43. The third-order valence-corrected chi connectivity index (χ3v) is 10.4. The number of rotatable bonds is 20. The van der Waals surface area contributed by atoms with Crippen LogP contribution in [0.3, 0.4) is 0 Å². The number of aliphatic carboxylic acids is 1. The summed E-state index contributed by atoms with van der Waals surface area (Å²) in [5.74, 6) is 1.67. The van der Waals surface area contributed by atoms with E-state index in [1.165, 1.54) is 0 Å². The Balaban J connectivity index is 1.22. The third-order valence-electron chi connectivity index (χ3n) is 9.39. The van der Waals surface area contributed by atoms with Crippen LogP contribution in [0.4, 0.5) is 11.4 Å². The molecular weight excluding hydrogens is 685 g/mol. The van der Waals surface area contributed by atoms with Gasteiger partial charge in [0.1, 0.15) is 18.2 Å². The minimum absolute atomic E-state index is 0.0953. The molecule has 2 N–H and O–H groups in total. The number of aromatic nitrogens is 2. The molecule has 9 nitrogen and oxygen atoms in total. The summed E-state index contributed by atoms with van der Waals surface area (Å²) in [5.41, 5.74) is 5.84. The number of carbonyl (C=O) groups excluding carboxylic acids is 1. The second-order valence-electron chi connectivity index (χ2n) is 13.9. The molecular formula is C43H54N4O5S. The van der Waals surface area contributed by atoms with Crippen molar-refractivity contribution in [3.63, 3.8) is 0 Å². The molecule has 0 fully saturated rings. The number of imidazole rings is 1. The van der Waals surface area contributed by atoms with E-state index in [-0.39, 0.29) is 11.8 Å². The van der Waals surface area contributed by atoms with Crippen molar-refractivity contribution in [1.29, 1.82) is 0 Å². The zero-order chi connectivity index (χ0) is 37.6. The van der Waals surface area contributed by atoms with Crippen LogP contribution in [0.15, 0.2) is 89.6 Å². The van der Waals surface area contributed by atoms with Gasteiger partial charge in [-0.05, 0) is 103 Å². The molecule has 53 heavy (non-hydrogen) atoms. The number of hydrogen-bond donors (Lipinski definition) is 2. The number of aryl methyl sites for hydroxylation is 1. The lowest BCUT2D eigenvalue weighted by Crippen LogP contribution is -2.29. The summed E-state index contributed by atoms with van der Waals surface area (Å²) < 4.78 is 13.5. The van der Waals surface area contributed by atoms with Gasteiger partial charge in [-0.25, -0.2) is 4.98 Å². The Morgan fingerprint density at radius 3 is 2.47 bits per heavy atom. The number of carbonyl (C=O) groups is 2. The smallest absolute Gasteiger partial charge is 0.306 e. The number of ether oxygens (including phenoxy) is 2. The van der Waals surface area contributed by atoms with E-state index in [0.29, 0.717) is 50.7 Å². The summed E-state index contributed by atoms with van der Waals surface area (Å²) in [6.07, 6.45) is 9.74. The van der Waals surface area contributed by atoms with Crippen LogP contribution < -0.4 is 15.0 Å². The highest BCUT2D eigenvalue weighted by Gasteiger charge is 2.21. The van der Waals surface area contributed by atoms with Gasteiger partial charge < -0.3 is 29.4 Å². The van der Waals surface area contributed by atoms with Gasteiger partial charge in [-0.15, -0.1) is 11.8 Å². The van der Waals surface area contributed by atoms with Crippen molar-refractivity contribution >= 4 is 41.1 Å². The van der Waals surface area contributed by atoms with Gasteiger partial charge in [0.15, 0.2) is 0 Å². The zero-order valence-corrected chi connectivity index (χ0v) is 32.4. The van der Waals surface area contributed by atoms with Gasteiger partial charge >= 0.3 is 5.97 Å². The first-order valence-electron chi connectivity index (χ1n) is 18.9. The van der Waals surface area contributed by atoms with E-state index in [2.05, 4.69) is 72.4 Å². The van der Waals surface area contributed by atoms with Crippen LogP contribution in [0.25, 0.3) is 17.2 Å². The normalized spacial score (nSPS) is 13.3. The number of carboxylic acids is 1. The fraction of sp³-hybridized carbons (Fsp3) is 0.419. The van der Waals surface area contributed by atoms with Crippen LogP contribution in [0.2, 0.25) is 0 Å².